The van der Waals surface area contributed by atoms with Gasteiger partial charge in [0.25, 0.3) is 5.91 Å². The summed E-state index contributed by atoms with van der Waals surface area (Å²) in [5.74, 6) is 1.56. The Morgan fingerprint density at radius 2 is 1.79 bits per heavy atom. The lowest BCUT2D eigenvalue weighted by molar-refractivity contribution is 0.0744. The monoisotopic (exact) mass is 447 g/mol. The molecule has 5 rings (SSSR count). The van der Waals surface area contributed by atoms with Crippen LogP contribution in [-0.2, 0) is 4.74 Å². The molecule has 1 aromatic heterocycles. The third kappa shape index (κ3) is 4.43. The first-order chi connectivity index (χ1) is 16.2. The predicted octanol–water partition coefficient (Wildman–Crippen LogP) is 2.83. The van der Waals surface area contributed by atoms with Gasteiger partial charge in [-0.25, -0.2) is 0 Å². The van der Waals surface area contributed by atoms with Crippen LogP contribution in [0.1, 0.15) is 17.3 Å². The Kier molecular flexibility index (Phi) is 6.26. The number of aromatic nitrogens is 2. The van der Waals surface area contributed by atoms with Crippen molar-refractivity contribution in [2.45, 2.75) is 6.92 Å². The van der Waals surface area contributed by atoms with Gasteiger partial charge in [0.15, 0.2) is 5.82 Å². The zero-order chi connectivity index (χ0) is 22.6. The highest BCUT2D eigenvalue weighted by Crippen LogP contribution is 2.30. The minimum absolute atomic E-state index is 0.0248. The highest BCUT2D eigenvalue weighted by atomic mass is 16.5. The van der Waals surface area contributed by atoms with Gasteiger partial charge in [-0.3, -0.25) is 4.79 Å². The van der Waals surface area contributed by atoms with Gasteiger partial charge < -0.3 is 24.2 Å². The van der Waals surface area contributed by atoms with E-state index in [2.05, 4.69) is 26.1 Å². The summed E-state index contributed by atoms with van der Waals surface area (Å²) in [6.07, 6.45) is 1.80. The number of carbonyl (C=O) groups excluding carboxylic acids is 1. The molecule has 2 aromatic carbocycles. The number of rotatable bonds is 5. The third-order valence-electron chi connectivity index (χ3n) is 6.30. The smallest absolute Gasteiger partial charge is 0.258 e. The zero-order valence-corrected chi connectivity index (χ0v) is 18.9. The molecule has 3 heterocycles. The van der Waals surface area contributed by atoms with Gasteiger partial charge in [0.1, 0.15) is 5.75 Å². The molecule has 8 nitrogen and oxygen atoms in total. The molecule has 0 bridgehead atoms. The average molecular weight is 448 g/mol. The van der Waals surface area contributed by atoms with Crippen molar-refractivity contribution in [3.63, 3.8) is 0 Å². The Hall–Kier alpha value is -3.39. The fourth-order valence-corrected chi connectivity index (χ4v) is 4.54. The van der Waals surface area contributed by atoms with Crippen LogP contribution in [0.2, 0.25) is 0 Å². The van der Waals surface area contributed by atoms with Crippen molar-refractivity contribution in [2.24, 2.45) is 0 Å². The van der Waals surface area contributed by atoms with E-state index < -0.39 is 0 Å². The molecule has 8 heteroatoms. The van der Waals surface area contributed by atoms with Gasteiger partial charge in [0, 0.05) is 45.3 Å². The van der Waals surface area contributed by atoms with Crippen molar-refractivity contribution in [1.82, 2.24) is 15.1 Å². The summed E-state index contributed by atoms with van der Waals surface area (Å²) >= 11 is 0. The van der Waals surface area contributed by atoms with E-state index in [0.29, 0.717) is 44.2 Å². The van der Waals surface area contributed by atoms with Crippen molar-refractivity contribution in [2.75, 3.05) is 68.9 Å². The summed E-state index contributed by atoms with van der Waals surface area (Å²) in [6, 6.07) is 14.0. The first-order valence-electron chi connectivity index (χ1n) is 11.6. The average Bonchev–Trinajstić information content (AvgIpc) is 2.89. The van der Waals surface area contributed by atoms with E-state index in [1.165, 1.54) is 0 Å². The number of carbonyl (C=O) groups is 1. The Morgan fingerprint density at radius 3 is 2.58 bits per heavy atom. The molecule has 3 aromatic rings. The molecular weight excluding hydrogens is 418 g/mol. The fraction of sp³-hybridized carbons (Fsp3) is 0.400. The van der Waals surface area contributed by atoms with Gasteiger partial charge in [0.2, 0.25) is 0 Å². The van der Waals surface area contributed by atoms with E-state index in [1.54, 1.807) is 6.20 Å². The fourth-order valence-electron chi connectivity index (χ4n) is 4.54. The van der Waals surface area contributed by atoms with Gasteiger partial charge in [-0.1, -0.05) is 30.3 Å². The number of fused-ring (bicyclic) bond motifs is 1. The summed E-state index contributed by atoms with van der Waals surface area (Å²) in [5.41, 5.74) is 1.70. The van der Waals surface area contributed by atoms with Crippen LogP contribution in [0.3, 0.4) is 0 Å². The summed E-state index contributed by atoms with van der Waals surface area (Å²) in [4.78, 5) is 20.0. The van der Waals surface area contributed by atoms with Crippen LogP contribution in [0.15, 0.2) is 48.7 Å². The SMILES string of the molecule is CCOc1ccc2ccccc2c1C(=O)N1CCN(c2cnnc(N3CCOCC3)c2)CC1. The van der Waals surface area contributed by atoms with Crippen LogP contribution in [0.25, 0.3) is 10.8 Å². The van der Waals surface area contributed by atoms with E-state index in [4.69, 9.17) is 9.47 Å². The van der Waals surface area contributed by atoms with Crippen molar-refractivity contribution in [3.8, 4) is 5.75 Å². The van der Waals surface area contributed by atoms with Crippen LogP contribution in [-0.4, -0.2) is 80.1 Å². The standard InChI is InChI=1S/C25H29N5O3/c1-2-33-22-8-7-19-5-3-4-6-21(19)24(22)25(31)30-11-9-28(10-12-30)20-17-23(27-26-18-20)29-13-15-32-16-14-29/h3-8,17-18H,2,9-16H2,1H3. The number of hydrogen-bond donors (Lipinski definition) is 0. The Labute approximate surface area is 193 Å². The van der Waals surface area contributed by atoms with Gasteiger partial charge in [-0.2, -0.15) is 5.10 Å². The number of benzene rings is 2. The Balaban J connectivity index is 1.32. The normalized spacial score (nSPS) is 16.8. The summed E-state index contributed by atoms with van der Waals surface area (Å²) < 4.78 is 11.3. The highest BCUT2D eigenvalue weighted by molar-refractivity contribution is 6.09. The van der Waals surface area contributed by atoms with Crippen LogP contribution in [0.4, 0.5) is 11.5 Å². The number of piperazine rings is 1. The lowest BCUT2D eigenvalue weighted by atomic mass is 10.0. The second-order valence-corrected chi connectivity index (χ2v) is 8.24. The van der Waals surface area contributed by atoms with E-state index in [-0.39, 0.29) is 5.91 Å². The second kappa shape index (κ2) is 9.62. The minimum atomic E-state index is 0.0248. The molecule has 2 saturated heterocycles. The molecule has 172 valence electrons. The quantitative estimate of drug-likeness (QED) is 0.596. The lowest BCUT2D eigenvalue weighted by Crippen LogP contribution is -2.49. The van der Waals surface area contributed by atoms with Gasteiger partial charge >= 0.3 is 0 Å². The van der Waals surface area contributed by atoms with E-state index in [0.717, 1.165) is 48.5 Å². The van der Waals surface area contributed by atoms with Crippen LogP contribution >= 0.6 is 0 Å². The van der Waals surface area contributed by atoms with Gasteiger partial charge in [-0.05, 0) is 23.8 Å². The zero-order valence-electron chi connectivity index (χ0n) is 18.9. The van der Waals surface area contributed by atoms with Gasteiger partial charge in [-0.15, -0.1) is 5.10 Å². The van der Waals surface area contributed by atoms with Crippen LogP contribution < -0.4 is 14.5 Å². The first-order valence-corrected chi connectivity index (χ1v) is 11.6. The molecule has 2 fully saturated rings. The molecule has 33 heavy (non-hydrogen) atoms. The molecule has 0 saturated carbocycles. The van der Waals surface area contributed by atoms with E-state index in [1.807, 2.05) is 48.2 Å². The molecule has 0 radical (unpaired) electrons. The topological polar surface area (TPSA) is 71.0 Å². The van der Waals surface area contributed by atoms with Crippen molar-refractivity contribution >= 4 is 28.2 Å². The number of anilines is 2. The third-order valence-corrected chi connectivity index (χ3v) is 6.30. The van der Waals surface area contributed by atoms with E-state index in [9.17, 15) is 4.79 Å². The predicted molar refractivity (Wildman–Crippen MR) is 128 cm³/mol. The molecule has 0 atom stereocenters. The Bertz CT molecular complexity index is 1120. The summed E-state index contributed by atoms with van der Waals surface area (Å²) in [5, 5.41) is 10.5. The van der Waals surface area contributed by atoms with Crippen molar-refractivity contribution in [3.05, 3.63) is 54.2 Å². The summed E-state index contributed by atoms with van der Waals surface area (Å²) in [7, 11) is 0. The maximum Gasteiger partial charge on any atom is 0.258 e. The van der Waals surface area contributed by atoms with Gasteiger partial charge in [0.05, 0.1) is 37.3 Å². The molecule has 0 spiro atoms. The molecule has 2 aliphatic rings. The molecule has 0 unspecified atom stereocenters. The lowest BCUT2D eigenvalue weighted by Gasteiger charge is -2.36. The molecule has 0 aliphatic carbocycles. The van der Waals surface area contributed by atoms with Crippen molar-refractivity contribution < 1.29 is 14.3 Å². The van der Waals surface area contributed by atoms with Crippen LogP contribution in [0.5, 0.6) is 5.75 Å². The molecular formula is C25H29N5O3. The van der Waals surface area contributed by atoms with E-state index >= 15 is 0 Å². The molecule has 0 N–H and O–H groups in total. The van der Waals surface area contributed by atoms with Crippen molar-refractivity contribution in [1.29, 1.82) is 0 Å². The second-order valence-electron chi connectivity index (χ2n) is 8.24. The highest BCUT2D eigenvalue weighted by Gasteiger charge is 2.27. The number of morpholine rings is 1. The minimum Gasteiger partial charge on any atom is -0.493 e. The maximum atomic E-state index is 13.6. The summed E-state index contributed by atoms with van der Waals surface area (Å²) in [6.45, 7) is 8.31. The van der Waals surface area contributed by atoms with Crippen LogP contribution in [0, 0.1) is 0 Å². The first kappa shape index (κ1) is 21.5. The number of nitrogens with zero attached hydrogens (tertiary/aromatic N) is 5. The number of ether oxygens (including phenoxy) is 2. The largest absolute Gasteiger partial charge is 0.493 e. The molecule has 2 aliphatic heterocycles. The number of amides is 1. The maximum absolute atomic E-state index is 13.6. The number of hydrogen-bond acceptors (Lipinski definition) is 7. The molecule has 1 amide bonds. The Morgan fingerprint density at radius 1 is 1.00 bits per heavy atom.